The lowest BCUT2D eigenvalue weighted by Gasteiger charge is -2.01. The number of pyridine rings is 3. The minimum atomic E-state index is 0.485. The monoisotopic (exact) mass is 605 g/mol. The molecule has 0 unspecified atom stereocenters. The Hall–Kier alpha value is -4.25. The van der Waals surface area contributed by atoms with E-state index in [1.807, 2.05) is 67.3 Å². The minimum Gasteiger partial charge on any atom is -0.265 e. The first-order chi connectivity index (χ1) is 21.5. The van der Waals surface area contributed by atoms with E-state index in [-0.39, 0.29) is 0 Å². The summed E-state index contributed by atoms with van der Waals surface area (Å²) in [7, 11) is 0. The highest BCUT2D eigenvalue weighted by Crippen LogP contribution is 2.13. The van der Waals surface area contributed by atoms with Crippen molar-refractivity contribution in [2.45, 2.75) is 98.8 Å². The molecule has 0 aliphatic heterocycles. The van der Waals surface area contributed by atoms with Crippen LogP contribution in [0, 0.1) is 0 Å². The van der Waals surface area contributed by atoms with Gasteiger partial charge in [-0.2, -0.15) is 0 Å². The van der Waals surface area contributed by atoms with Crippen LogP contribution in [0.2, 0.25) is 0 Å². The lowest BCUT2D eigenvalue weighted by atomic mass is 10.0. The molecule has 0 saturated heterocycles. The normalized spacial score (nSPS) is 10.1. The predicted octanol–water partition coefficient (Wildman–Crippen LogP) is 11.0. The van der Waals surface area contributed by atoms with E-state index in [2.05, 4.69) is 124 Å². The third kappa shape index (κ3) is 18.2. The second kappa shape index (κ2) is 23.2. The third-order valence-corrected chi connectivity index (χ3v) is 6.64. The van der Waals surface area contributed by atoms with Crippen LogP contribution in [0.25, 0.3) is 0 Å². The quantitative estimate of drug-likeness (QED) is 0.199. The summed E-state index contributed by atoms with van der Waals surface area (Å²) in [6.07, 6.45) is 14.4. The molecule has 0 N–H and O–H groups in total. The summed E-state index contributed by atoms with van der Waals surface area (Å²) in [5.41, 5.74) is 6.29. The maximum Gasteiger partial charge on any atom is 0.0612 e. The van der Waals surface area contributed by atoms with Gasteiger partial charge in [0.15, 0.2) is 0 Å². The van der Waals surface area contributed by atoms with Crippen LogP contribution in [-0.2, 0) is 0 Å². The first-order valence-corrected chi connectivity index (χ1v) is 16.0. The highest BCUT2D eigenvalue weighted by atomic mass is 14.8. The molecule has 4 aromatic heterocycles. The van der Waals surface area contributed by atoms with Crippen molar-refractivity contribution in [3.8, 4) is 0 Å². The zero-order valence-electron chi connectivity index (χ0n) is 29.2. The van der Waals surface area contributed by atoms with Crippen LogP contribution in [-0.4, -0.2) is 24.9 Å². The van der Waals surface area contributed by atoms with Crippen LogP contribution in [0.3, 0.4) is 0 Å². The fourth-order valence-corrected chi connectivity index (χ4v) is 3.63. The molecular formula is C40H55N5. The van der Waals surface area contributed by atoms with Gasteiger partial charge < -0.3 is 0 Å². The first-order valence-electron chi connectivity index (χ1n) is 16.0. The highest BCUT2D eigenvalue weighted by Gasteiger charge is 1.98. The molecule has 0 fully saturated rings. The lowest BCUT2D eigenvalue weighted by molar-refractivity contribution is 0.812. The Bertz CT molecular complexity index is 1090. The molecule has 5 heteroatoms. The van der Waals surface area contributed by atoms with Gasteiger partial charge in [-0.25, -0.2) is 0 Å². The Balaban J connectivity index is 0.000000281. The van der Waals surface area contributed by atoms with Gasteiger partial charge in [-0.05, 0) is 76.6 Å². The summed E-state index contributed by atoms with van der Waals surface area (Å²) < 4.78 is 0. The Morgan fingerprint density at radius 3 is 1.18 bits per heavy atom. The van der Waals surface area contributed by atoms with Gasteiger partial charge in [-0.1, -0.05) is 112 Å². The molecule has 45 heavy (non-hydrogen) atoms. The summed E-state index contributed by atoms with van der Waals surface area (Å²) in [6, 6.07) is 24.7. The van der Waals surface area contributed by atoms with Crippen LogP contribution in [0.15, 0.2) is 122 Å². The minimum absolute atomic E-state index is 0.485. The number of nitrogens with zero attached hydrogens (tertiary/aromatic N) is 5. The maximum absolute atomic E-state index is 4.18. The lowest BCUT2D eigenvalue weighted by Crippen LogP contribution is -1.91. The van der Waals surface area contributed by atoms with Gasteiger partial charge in [0.25, 0.3) is 0 Å². The predicted molar refractivity (Wildman–Crippen MR) is 192 cm³/mol. The van der Waals surface area contributed by atoms with Crippen molar-refractivity contribution in [2.24, 2.45) is 0 Å². The van der Waals surface area contributed by atoms with E-state index in [1.54, 1.807) is 24.8 Å². The number of hydrogen-bond acceptors (Lipinski definition) is 5. The van der Waals surface area contributed by atoms with Crippen LogP contribution < -0.4 is 0 Å². The van der Waals surface area contributed by atoms with Gasteiger partial charge >= 0.3 is 0 Å². The van der Waals surface area contributed by atoms with Crippen LogP contribution >= 0.6 is 0 Å². The van der Waals surface area contributed by atoms with E-state index in [0.717, 1.165) is 11.4 Å². The molecule has 240 valence electrons. The largest absolute Gasteiger partial charge is 0.265 e. The molecule has 0 radical (unpaired) electrons. The zero-order valence-corrected chi connectivity index (χ0v) is 29.2. The number of aromatic nitrogens is 5. The molecule has 5 aromatic rings. The van der Waals surface area contributed by atoms with E-state index >= 15 is 0 Å². The van der Waals surface area contributed by atoms with Gasteiger partial charge in [-0.3, -0.25) is 24.9 Å². The molecule has 0 aliphatic rings. The van der Waals surface area contributed by atoms with Crippen molar-refractivity contribution in [3.63, 3.8) is 0 Å². The zero-order chi connectivity index (χ0) is 33.5. The van der Waals surface area contributed by atoms with Crippen molar-refractivity contribution in [2.75, 3.05) is 0 Å². The van der Waals surface area contributed by atoms with Gasteiger partial charge in [0.1, 0.15) is 0 Å². The van der Waals surface area contributed by atoms with Crippen molar-refractivity contribution in [3.05, 3.63) is 150 Å². The van der Waals surface area contributed by atoms with Crippen LogP contribution in [0.1, 0.15) is 127 Å². The van der Waals surface area contributed by atoms with Crippen molar-refractivity contribution < 1.29 is 0 Å². The van der Waals surface area contributed by atoms with Crippen molar-refractivity contribution in [1.82, 2.24) is 24.9 Å². The molecule has 1 aromatic carbocycles. The Morgan fingerprint density at radius 2 is 0.844 bits per heavy atom. The van der Waals surface area contributed by atoms with Crippen LogP contribution in [0.4, 0.5) is 0 Å². The fraction of sp³-hybridized carbons (Fsp3) is 0.375. The molecule has 5 nitrogen and oxygen atoms in total. The Kier molecular flexibility index (Phi) is 20.0. The topological polar surface area (TPSA) is 64.5 Å². The Morgan fingerprint density at radius 1 is 0.333 bits per heavy atom. The molecule has 0 spiro atoms. The second-order valence-electron chi connectivity index (χ2n) is 12.1. The summed E-state index contributed by atoms with van der Waals surface area (Å²) in [4.78, 5) is 20.2. The average Bonchev–Trinajstić information content (AvgIpc) is 3.08. The van der Waals surface area contributed by atoms with Gasteiger partial charge in [-0.15, -0.1) is 0 Å². The maximum atomic E-state index is 4.18. The standard InChI is InChI=1S/C9H12.3C8H11N.C7H10N2/c1-8(2)9-6-4-3-5-7-9;1-7(2)8-3-5-9-6-4-8;1-7(2)8-4-3-5-9-6-8;1-7(2)8-5-3-4-6-9-8;1-6(2)7-5-8-3-4-9-7/h3-8H,1-2H3;3*3-7H,1-2H3;3-6H,1-2H3. The Labute approximate surface area is 273 Å². The molecule has 0 bridgehead atoms. The summed E-state index contributed by atoms with van der Waals surface area (Å²) in [5, 5.41) is 0. The number of hydrogen-bond donors (Lipinski definition) is 0. The third-order valence-electron chi connectivity index (χ3n) is 6.64. The molecule has 5 rings (SSSR count). The smallest absolute Gasteiger partial charge is 0.0612 e. The summed E-state index contributed by atoms with van der Waals surface area (Å²) >= 11 is 0. The van der Waals surface area contributed by atoms with E-state index in [0.29, 0.717) is 29.6 Å². The number of benzene rings is 1. The van der Waals surface area contributed by atoms with Gasteiger partial charge in [0.05, 0.1) is 5.69 Å². The average molecular weight is 606 g/mol. The highest BCUT2D eigenvalue weighted by molar-refractivity contribution is 5.17. The van der Waals surface area contributed by atoms with Gasteiger partial charge in [0.2, 0.25) is 0 Å². The SMILES string of the molecule is CC(C)c1ccccc1.CC(C)c1ccccn1.CC(C)c1cccnc1.CC(C)c1ccncc1.CC(C)c1cnccn1. The van der Waals surface area contributed by atoms with E-state index in [1.165, 1.54) is 16.7 Å². The molecule has 0 saturated carbocycles. The fourth-order valence-electron chi connectivity index (χ4n) is 3.63. The second-order valence-corrected chi connectivity index (χ2v) is 12.1. The molecule has 4 heterocycles. The van der Waals surface area contributed by atoms with Crippen LogP contribution in [0.5, 0.6) is 0 Å². The summed E-state index contributed by atoms with van der Waals surface area (Å²) in [5.74, 6) is 2.91. The molecular weight excluding hydrogens is 550 g/mol. The van der Waals surface area contributed by atoms with E-state index in [9.17, 15) is 0 Å². The molecule has 0 amide bonds. The van der Waals surface area contributed by atoms with Crippen molar-refractivity contribution in [1.29, 1.82) is 0 Å². The summed E-state index contributed by atoms with van der Waals surface area (Å²) in [6.45, 7) is 21.6. The van der Waals surface area contributed by atoms with E-state index < -0.39 is 0 Å². The van der Waals surface area contributed by atoms with E-state index in [4.69, 9.17) is 0 Å². The molecule has 0 atom stereocenters. The van der Waals surface area contributed by atoms with Crippen molar-refractivity contribution >= 4 is 0 Å². The first kappa shape index (κ1) is 38.8. The van der Waals surface area contributed by atoms with Gasteiger partial charge in [0, 0.05) is 55.3 Å². The number of rotatable bonds is 5. The molecule has 0 aliphatic carbocycles.